The van der Waals surface area contributed by atoms with E-state index in [1.807, 2.05) is 19.9 Å². The molecule has 1 heterocycles. The number of rotatable bonds is 6. The van der Waals surface area contributed by atoms with Gasteiger partial charge in [-0.25, -0.2) is 4.79 Å². The number of halogens is 3. The molecule has 8 heteroatoms. The molecule has 1 aromatic heterocycles. The van der Waals surface area contributed by atoms with E-state index in [1.165, 1.54) is 12.1 Å². The molecule has 0 spiro atoms. The van der Waals surface area contributed by atoms with Crippen LogP contribution in [0, 0.1) is 25.7 Å². The quantitative estimate of drug-likeness (QED) is 0.571. The van der Waals surface area contributed by atoms with Crippen molar-refractivity contribution in [3.63, 3.8) is 0 Å². The molecular weight excluding hydrogens is 421 g/mol. The summed E-state index contributed by atoms with van der Waals surface area (Å²) in [7, 11) is 0. The lowest BCUT2D eigenvalue weighted by Crippen LogP contribution is -2.28. The molecule has 0 atom stereocenters. The first kappa shape index (κ1) is 23.9. The Hall–Kier alpha value is -2.77. The van der Waals surface area contributed by atoms with Crippen LogP contribution in [0.4, 0.5) is 18.9 Å². The Kier molecular flexibility index (Phi) is 7.31. The lowest BCUT2D eigenvalue weighted by molar-refractivity contribution is -0.137. The molecule has 0 unspecified atom stereocenters. The van der Waals surface area contributed by atoms with Gasteiger partial charge in [-0.3, -0.25) is 4.79 Å². The minimum atomic E-state index is -4.44. The summed E-state index contributed by atoms with van der Waals surface area (Å²) in [6.07, 6.45) is -1.40. The summed E-state index contributed by atoms with van der Waals surface area (Å²) in [5.41, 5.74) is 1.84. The van der Waals surface area contributed by atoms with Crippen molar-refractivity contribution in [3.8, 4) is 0 Å². The van der Waals surface area contributed by atoms with Crippen LogP contribution in [-0.4, -0.2) is 23.1 Å². The number of nitrogens with one attached hydrogen (secondary N) is 1. The molecule has 1 fully saturated rings. The first-order valence-corrected chi connectivity index (χ1v) is 10.9. The van der Waals surface area contributed by atoms with Gasteiger partial charge < -0.3 is 14.6 Å². The van der Waals surface area contributed by atoms with Crippen LogP contribution in [0.2, 0.25) is 0 Å². The van der Waals surface area contributed by atoms with Gasteiger partial charge in [0.15, 0.2) is 0 Å². The first-order chi connectivity index (χ1) is 15.1. The average molecular weight is 451 g/mol. The molecule has 1 saturated carbocycles. The van der Waals surface area contributed by atoms with E-state index in [1.54, 1.807) is 6.92 Å². The Morgan fingerprint density at radius 3 is 2.44 bits per heavy atom. The van der Waals surface area contributed by atoms with Crippen LogP contribution in [0.25, 0.3) is 0 Å². The zero-order valence-electron chi connectivity index (χ0n) is 18.6. The SMILES string of the molecule is CCOC(=O)c1cc(C)n(CC2CCC(C(=O)Nc3cccc(C(F)(F)F)c3)CC2)c1C. The van der Waals surface area contributed by atoms with E-state index in [-0.39, 0.29) is 23.5 Å². The number of amides is 1. The topological polar surface area (TPSA) is 60.3 Å². The third kappa shape index (κ3) is 5.53. The van der Waals surface area contributed by atoms with Gasteiger partial charge in [-0.15, -0.1) is 0 Å². The van der Waals surface area contributed by atoms with Crippen molar-refractivity contribution >= 4 is 17.6 Å². The number of ether oxygens (including phenoxy) is 1. The number of nitrogens with zero attached hydrogens (tertiary/aromatic N) is 1. The maximum atomic E-state index is 12.9. The van der Waals surface area contributed by atoms with Gasteiger partial charge in [-0.05, 0) is 76.6 Å². The van der Waals surface area contributed by atoms with Gasteiger partial charge in [0.2, 0.25) is 5.91 Å². The molecule has 174 valence electrons. The molecule has 1 aliphatic rings. The summed E-state index contributed by atoms with van der Waals surface area (Å²) in [6.45, 7) is 6.74. The monoisotopic (exact) mass is 450 g/mol. The van der Waals surface area contributed by atoms with E-state index >= 15 is 0 Å². The number of esters is 1. The normalized spacial score (nSPS) is 18.9. The molecule has 0 aliphatic heterocycles. The summed E-state index contributed by atoms with van der Waals surface area (Å²) in [4.78, 5) is 24.7. The third-order valence-electron chi connectivity index (χ3n) is 6.18. The number of benzene rings is 1. The number of hydrogen-bond acceptors (Lipinski definition) is 3. The second kappa shape index (κ2) is 9.79. The van der Waals surface area contributed by atoms with Crippen LogP contribution >= 0.6 is 0 Å². The van der Waals surface area contributed by atoms with Crippen LogP contribution in [0.1, 0.15) is 59.9 Å². The second-order valence-corrected chi connectivity index (χ2v) is 8.40. The number of carbonyl (C=O) groups is 2. The summed E-state index contributed by atoms with van der Waals surface area (Å²) in [5.74, 6) is -0.405. The number of anilines is 1. The van der Waals surface area contributed by atoms with Crippen molar-refractivity contribution in [3.05, 3.63) is 52.8 Å². The lowest BCUT2D eigenvalue weighted by Gasteiger charge is -2.29. The van der Waals surface area contributed by atoms with Crippen LogP contribution in [0.15, 0.2) is 30.3 Å². The van der Waals surface area contributed by atoms with Gasteiger partial charge in [-0.2, -0.15) is 13.2 Å². The van der Waals surface area contributed by atoms with Crippen molar-refractivity contribution in [2.45, 2.75) is 59.2 Å². The third-order valence-corrected chi connectivity index (χ3v) is 6.18. The van der Waals surface area contributed by atoms with Crippen molar-refractivity contribution < 1.29 is 27.5 Å². The van der Waals surface area contributed by atoms with Gasteiger partial charge in [0, 0.05) is 29.5 Å². The Balaban J connectivity index is 1.57. The standard InChI is InChI=1S/C24H29F3N2O3/c1-4-32-23(31)21-12-15(2)29(16(21)3)14-17-8-10-18(11-9-17)22(30)28-20-7-5-6-19(13-20)24(25,26)27/h5-7,12-13,17-18H,4,8-11,14H2,1-3H3,(H,28,30). The van der Waals surface area contributed by atoms with Crippen LogP contribution < -0.4 is 5.32 Å². The molecule has 1 aliphatic carbocycles. The van der Waals surface area contributed by atoms with Gasteiger partial charge >= 0.3 is 12.1 Å². The Bertz CT molecular complexity index is 973. The summed E-state index contributed by atoms with van der Waals surface area (Å²) < 4.78 is 45.9. The van der Waals surface area contributed by atoms with E-state index in [2.05, 4.69) is 9.88 Å². The summed E-state index contributed by atoms with van der Waals surface area (Å²) in [6, 6.07) is 6.56. The van der Waals surface area contributed by atoms with Crippen molar-refractivity contribution in [1.82, 2.24) is 4.57 Å². The van der Waals surface area contributed by atoms with Crippen molar-refractivity contribution in [2.24, 2.45) is 11.8 Å². The number of alkyl halides is 3. The number of carbonyl (C=O) groups excluding carboxylic acids is 2. The van der Waals surface area contributed by atoms with Crippen molar-refractivity contribution in [1.29, 1.82) is 0 Å². The maximum absolute atomic E-state index is 12.9. The highest BCUT2D eigenvalue weighted by molar-refractivity contribution is 5.92. The number of hydrogen-bond donors (Lipinski definition) is 1. The van der Waals surface area contributed by atoms with Crippen molar-refractivity contribution in [2.75, 3.05) is 11.9 Å². The molecule has 1 amide bonds. The first-order valence-electron chi connectivity index (χ1n) is 10.9. The molecular formula is C24H29F3N2O3. The van der Waals surface area contributed by atoms with E-state index in [0.717, 1.165) is 42.9 Å². The van der Waals surface area contributed by atoms with Gasteiger partial charge in [0.1, 0.15) is 0 Å². The van der Waals surface area contributed by atoms with Gasteiger partial charge in [0.25, 0.3) is 0 Å². The summed E-state index contributed by atoms with van der Waals surface area (Å²) in [5, 5.41) is 2.64. The molecule has 0 radical (unpaired) electrons. The number of aryl methyl sites for hydroxylation is 1. The molecule has 5 nitrogen and oxygen atoms in total. The highest BCUT2D eigenvalue weighted by Gasteiger charge is 2.31. The van der Waals surface area contributed by atoms with E-state index in [4.69, 9.17) is 4.74 Å². The molecule has 1 N–H and O–H groups in total. The minimum absolute atomic E-state index is 0.164. The predicted molar refractivity (Wildman–Crippen MR) is 115 cm³/mol. The fourth-order valence-electron chi connectivity index (χ4n) is 4.38. The van der Waals surface area contributed by atoms with Crippen LogP contribution in [0.3, 0.4) is 0 Å². The second-order valence-electron chi connectivity index (χ2n) is 8.40. The highest BCUT2D eigenvalue weighted by Crippen LogP contribution is 2.33. The zero-order chi connectivity index (χ0) is 23.5. The van der Waals surface area contributed by atoms with E-state index in [0.29, 0.717) is 30.9 Å². The van der Waals surface area contributed by atoms with Gasteiger partial charge in [0.05, 0.1) is 17.7 Å². The molecule has 2 aromatic rings. The fourth-order valence-corrected chi connectivity index (χ4v) is 4.38. The Morgan fingerprint density at radius 2 is 1.81 bits per heavy atom. The smallest absolute Gasteiger partial charge is 0.416 e. The molecule has 0 saturated heterocycles. The largest absolute Gasteiger partial charge is 0.462 e. The van der Waals surface area contributed by atoms with E-state index < -0.39 is 11.7 Å². The van der Waals surface area contributed by atoms with Crippen LogP contribution in [0.5, 0.6) is 0 Å². The molecule has 0 bridgehead atoms. The number of aromatic nitrogens is 1. The lowest BCUT2D eigenvalue weighted by atomic mass is 9.81. The fraction of sp³-hybridized carbons (Fsp3) is 0.500. The molecule has 1 aromatic carbocycles. The molecule has 32 heavy (non-hydrogen) atoms. The van der Waals surface area contributed by atoms with Gasteiger partial charge in [-0.1, -0.05) is 6.07 Å². The van der Waals surface area contributed by atoms with E-state index in [9.17, 15) is 22.8 Å². The minimum Gasteiger partial charge on any atom is -0.462 e. The predicted octanol–water partition coefficient (Wildman–Crippen LogP) is 5.75. The Morgan fingerprint density at radius 1 is 1.12 bits per heavy atom. The summed E-state index contributed by atoms with van der Waals surface area (Å²) >= 11 is 0. The highest BCUT2D eigenvalue weighted by atomic mass is 19.4. The average Bonchev–Trinajstić information content (AvgIpc) is 3.02. The molecule has 3 rings (SSSR count). The maximum Gasteiger partial charge on any atom is 0.416 e. The zero-order valence-corrected chi connectivity index (χ0v) is 18.6. The Labute approximate surface area is 185 Å². The van der Waals surface area contributed by atoms with Crippen LogP contribution in [-0.2, 0) is 22.3 Å².